The summed E-state index contributed by atoms with van der Waals surface area (Å²) in [7, 11) is 0. The molecule has 2 N–H and O–H groups in total. The second-order valence-corrected chi connectivity index (χ2v) is 3.55. The van der Waals surface area contributed by atoms with Crippen LogP contribution >= 0.6 is 0 Å². The van der Waals surface area contributed by atoms with E-state index in [1.54, 1.807) is 6.08 Å². The van der Waals surface area contributed by atoms with Crippen molar-refractivity contribution >= 4 is 11.6 Å². The normalized spacial score (nSPS) is 9.88. The number of aryl methyl sites for hydroxylation is 2. The zero-order chi connectivity index (χ0) is 12.0. The lowest BCUT2D eigenvalue weighted by atomic mass is 10.2. The van der Waals surface area contributed by atoms with E-state index in [4.69, 9.17) is 0 Å². The minimum Gasteiger partial charge on any atom is -0.323 e. The summed E-state index contributed by atoms with van der Waals surface area (Å²) in [6, 6.07) is 3.74. The first-order valence-corrected chi connectivity index (χ1v) is 5.19. The highest BCUT2D eigenvalue weighted by atomic mass is 16.1. The van der Waals surface area contributed by atoms with Crippen LogP contribution in [0.15, 0.2) is 24.8 Å². The Morgan fingerprint density at radius 3 is 2.88 bits per heavy atom. The quantitative estimate of drug-likeness (QED) is 0.581. The van der Waals surface area contributed by atoms with Gasteiger partial charge in [0.2, 0.25) is 5.91 Å². The Hall–Kier alpha value is -1.68. The van der Waals surface area contributed by atoms with E-state index in [-0.39, 0.29) is 12.5 Å². The van der Waals surface area contributed by atoms with E-state index in [0.717, 1.165) is 17.1 Å². The summed E-state index contributed by atoms with van der Waals surface area (Å²) in [5, 5.41) is 5.73. The van der Waals surface area contributed by atoms with Crippen LogP contribution in [0.5, 0.6) is 0 Å². The third-order valence-corrected chi connectivity index (χ3v) is 2.07. The molecule has 4 heteroatoms. The van der Waals surface area contributed by atoms with Gasteiger partial charge in [0.25, 0.3) is 0 Å². The fourth-order valence-corrected chi connectivity index (χ4v) is 1.30. The molecule has 1 aromatic rings. The van der Waals surface area contributed by atoms with E-state index in [1.807, 2.05) is 26.0 Å². The first-order valence-electron chi connectivity index (χ1n) is 5.19. The van der Waals surface area contributed by atoms with E-state index in [2.05, 4.69) is 22.2 Å². The average Bonchev–Trinajstić information content (AvgIpc) is 2.23. The number of hydrogen-bond acceptors (Lipinski definition) is 3. The number of pyridine rings is 1. The van der Waals surface area contributed by atoms with Gasteiger partial charge in [0.15, 0.2) is 0 Å². The molecule has 0 aliphatic heterocycles. The fourth-order valence-electron chi connectivity index (χ4n) is 1.30. The molecule has 4 nitrogen and oxygen atoms in total. The summed E-state index contributed by atoms with van der Waals surface area (Å²) < 4.78 is 0. The van der Waals surface area contributed by atoms with Gasteiger partial charge in [0.1, 0.15) is 0 Å². The number of aromatic nitrogens is 1. The van der Waals surface area contributed by atoms with Crippen molar-refractivity contribution < 1.29 is 4.79 Å². The summed E-state index contributed by atoms with van der Waals surface area (Å²) in [5.74, 6) is -0.0735. The Bertz CT molecular complexity index is 388. The van der Waals surface area contributed by atoms with Crippen molar-refractivity contribution in [2.45, 2.75) is 13.8 Å². The number of nitrogens with one attached hydrogen (secondary N) is 2. The number of amides is 1. The van der Waals surface area contributed by atoms with Crippen LogP contribution < -0.4 is 10.6 Å². The van der Waals surface area contributed by atoms with Crippen LogP contribution in [0, 0.1) is 13.8 Å². The van der Waals surface area contributed by atoms with Crippen molar-refractivity contribution in [3.8, 4) is 0 Å². The van der Waals surface area contributed by atoms with Crippen LogP contribution in [0.3, 0.4) is 0 Å². The van der Waals surface area contributed by atoms with Gasteiger partial charge in [0, 0.05) is 12.2 Å². The number of carbonyl (C=O) groups excluding carboxylic acids is 1. The molecule has 0 radical (unpaired) electrons. The van der Waals surface area contributed by atoms with Gasteiger partial charge in [-0.05, 0) is 26.0 Å². The largest absolute Gasteiger partial charge is 0.323 e. The molecule has 0 aliphatic carbocycles. The molecule has 0 unspecified atom stereocenters. The van der Waals surface area contributed by atoms with E-state index in [0.29, 0.717) is 6.54 Å². The van der Waals surface area contributed by atoms with Crippen molar-refractivity contribution in [3.05, 3.63) is 36.2 Å². The zero-order valence-electron chi connectivity index (χ0n) is 9.71. The van der Waals surface area contributed by atoms with E-state index in [1.165, 1.54) is 0 Å². The highest BCUT2D eigenvalue weighted by Gasteiger charge is 2.04. The first kappa shape index (κ1) is 12.4. The summed E-state index contributed by atoms with van der Waals surface area (Å²) in [6.45, 7) is 8.26. The Morgan fingerprint density at radius 2 is 2.25 bits per heavy atom. The molecular weight excluding hydrogens is 202 g/mol. The summed E-state index contributed by atoms with van der Waals surface area (Å²) >= 11 is 0. The monoisotopic (exact) mass is 219 g/mol. The average molecular weight is 219 g/mol. The second kappa shape index (κ2) is 6.02. The molecule has 86 valence electrons. The van der Waals surface area contributed by atoms with Crippen molar-refractivity contribution in [2.24, 2.45) is 0 Å². The number of rotatable bonds is 5. The molecule has 0 saturated carbocycles. The van der Waals surface area contributed by atoms with E-state index >= 15 is 0 Å². The summed E-state index contributed by atoms with van der Waals surface area (Å²) in [4.78, 5) is 15.8. The lowest BCUT2D eigenvalue weighted by Gasteiger charge is -2.08. The maximum Gasteiger partial charge on any atom is 0.238 e. The highest BCUT2D eigenvalue weighted by molar-refractivity contribution is 5.92. The molecule has 0 aliphatic rings. The van der Waals surface area contributed by atoms with Gasteiger partial charge in [-0.25, -0.2) is 0 Å². The predicted molar refractivity (Wildman–Crippen MR) is 65.4 cm³/mol. The number of hydrogen-bond donors (Lipinski definition) is 2. The number of carbonyl (C=O) groups is 1. The maximum atomic E-state index is 11.5. The van der Waals surface area contributed by atoms with E-state index < -0.39 is 0 Å². The third-order valence-electron chi connectivity index (χ3n) is 2.07. The summed E-state index contributed by atoms with van der Waals surface area (Å²) in [6.07, 6.45) is 1.71. The first-order chi connectivity index (χ1) is 7.63. The van der Waals surface area contributed by atoms with Gasteiger partial charge in [-0.2, -0.15) is 0 Å². The Balaban J connectivity index is 2.52. The maximum absolute atomic E-state index is 11.5. The molecule has 16 heavy (non-hydrogen) atoms. The molecule has 1 aromatic heterocycles. The van der Waals surface area contributed by atoms with Gasteiger partial charge in [0.05, 0.1) is 17.9 Å². The molecular formula is C12H17N3O. The Kier molecular flexibility index (Phi) is 4.66. The van der Waals surface area contributed by atoms with Gasteiger partial charge in [-0.1, -0.05) is 6.08 Å². The standard InChI is InChI=1S/C12H17N3O/c1-4-7-13-8-12(16)15-11-6-5-9(2)14-10(11)3/h4-6,13H,1,7-8H2,2-3H3,(H,15,16). The van der Waals surface area contributed by atoms with Crippen LogP contribution in [-0.2, 0) is 4.79 Å². The van der Waals surface area contributed by atoms with Crippen LogP contribution in [0.4, 0.5) is 5.69 Å². The van der Waals surface area contributed by atoms with Gasteiger partial charge >= 0.3 is 0 Å². The smallest absolute Gasteiger partial charge is 0.238 e. The SMILES string of the molecule is C=CCNCC(=O)Nc1ccc(C)nc1C. The number of anilines is 1. The molecule has 1 amide bonds. The molecule has 0 fully saturated rings. The van der Waals surface area contributed by atoms with Crippen LogP contribution in [0.2, 0.25) is 0 Å². The third kappa shape index (κ3) is 3.82. The lowest BCUT2D eigenvalue weighted by molar-refractivity contribution is -0.115. The fraction of sp³-hybridized carbons (Fsp3) is 0.333. The molecule has 0 spiro atoms. The zero-order valence-corrected chi connectivity index (χ0v) is 9.71. The van der Waals surface area contributed by atoms with Crippen LogP contribution in [0.1, 0.15) is 11.4 Å². The molecule has 0 atom stereocenters. The Morgan fingerprint density at radius 1 is 1.50 bits per heavy atom. The van der Waals surface area contributed by atoms with Crippen LogP contribution in [-0.4, -0.2) is 24.0 Å². The molecule has 1 rings (SSSR count). The summed E-state index contributed by atoms with van der Waals surface area (Å²) in [5.41, 5.74) is 2.54. The second-order valence-electron chi connectivity index (χ2n) is 3.55. The van der Waals surface area contributed by atoms with Crippen LogP contribution in [0.25, 0.3) is 0 Å². The topological polar surface area (TPSA) is 54.0 Å². The molecule has 0 bridgehead atoms. The molecule has 0 aromatic carbocycles. The van der Waals surface area contributed by atoms with Crippen molar-refractivity contribution in [2.75, 3.05) is 18.4 Å². The van der Waals surface area contributed by atoms with E-state index in [9.17, 15) is 4.79 Å². The van der Waals surface area contributed by atoms with Crippen molar-refractivity contribution in [3.63, 3.8) is 0 Å². The van der Waals surface area contributed by atoms with Gasteiger partial charge in [-0.3, -0.25) is 9.78 Å². The van der Waals surface area contributed by atoms with Crippen molar-refractivity contribution in [1.82, 2.24) is 10.3 Å². The minimum atomic E-state index is -0.0735. The van der Waals surface area contributed by atoms with Gasteiger partial charge < -0.3 is 10.6 Å². The minimum absolute atomic E-state index is 0.0735. The molecule has 1 heterocycles. The number of nitrogens with zero attached hydrogens (tertiary/aromatic N) is 1. The molecule has 0 saturated heterocycles. The van der Waals surface area contributed by atoms with Crippen molar-refractivity contribution in [1.29, 1.82) is 0 Å². The van der Waals surface area contributed by atoms with Gasteiger partial charge in [-0.15, -0.1) is 6.58 Å². The predicted octanol–water partition coefficient (Wildman–Crippen LogP) is 1.41. The lowest BCUT2D eigenvalue weighted by Crippen LogP contribution is -2.28. The Labute approximate surface area is 95.8 Å². The highest BCUT2D eigenvalue weighted by Crippen LogP contribution is 2.11.